The van der Waals surface area contributed by atoms with Gasteiger partial charge in [0.25, 0.3) is 0 Å². The fraction of sp³-hybridized carbons (Fsp3) is 0.308. The van der Waals surface area contributed by atoms with Crippen LogP contribution in [0.5, 0.6) is 0 Å². The SMILES string of the molecule is Cc1nn(C)cc1C(O)Cc1ccc(F)cc1F. The summed E-state index contributed by atoms with van der Waals surface area (Å²) in [6, 6.07) is 3.35. The Hall–Kier alpha value is -1.75. The van der Waals surface area contributed by atoms with Crippen LogP contribution < -0.4 is 0 Å². The summed E-state index contributed by atoms with van der Waals surface area (Å²) in [5.74, 6) is -1.26. The average molecular weight is 252 g/mol. The molecule has 0 fully saturated rings. The quantitative estimate of drug-likeness (QED) is 0.910. The monoisotopic (exact) mass is 252 g/mol. The van der Waals surface area contributed by atoms with E-state index in [-0.39, 0.29) is 12.0 Å². The number of aromatic nitrogens is 2. The third kappa shape index (κ3) is 2.56. The highest BCUT2D eigenvalue weighted by Crippen LogP contribution is 2.22. The first-order valence-corrected chi connectivity index (χ1v) is 5.59. The smallest absolute Gasteiger partial charge is 0.129 e. The average Bonchev–Trinajstić information content (AvgIpc) is 2.62. The van der Waals surface area contributed by atoms with Crippen LogP contribution in [-0.2, 0) is 13.5 Å². The second-order valence-electron chi connectivity index (χ2n) is 4.30. The first-order chi connectivity index (χ1) is 8.47. The van der Waals surface area contributed by atoms with Crippen LogP contribution in [0.1, 0.15) is 22.9 Å². The minimum Gasteiger partial charge on any atom is -0.388 e. The lowest BCUT2D eigenvalue weighted by Gasteiger charge is -2.10. The number of hydrogen-bond acceptors (Lipinski definition) is 2. The number of benzene rings is 1. The summed E-state index contributed by atoms with van der Waals surface area (Å²) in [6.45, 7) is 1.78. The zero-order valence-corrected chi connectivity index (χ0v) is 10.2. The third-order valence-corrected chi connectivity index (χ3v) is 2.84. The fourth-order valence-electron chi connectivity index (χ4n) is 1.95. The molecule has 3 nitrogen and oxygen atoms in total. The van der Waals surface area contributed by atoms with E-state index >= 15 is 0 Å². The number of aliphatic hydroxyl groups excluding tert-OH is 1. The molecule has 1 heterocycles. The van der Waals surface area contributed by atoms with Crippen molar-refractivity contribution in [2.24, 2.45) is 7.05 Å². The van der Waals surface area contributed by atoms with E-state index in [2.05, 4.69) is 5.10 Å². The molecule has 0 aliphatic heterocycles. The van der Waals surface area contributed by atoms with E-state index in [0.717, 1.165) is 6.07 Å². The molecule has 0 spiro atoms. The van der Waals surface area contributed by atoms with Gasteiger partial charge in [-0.15, -0.1) is 0 Å². The Labute approximate surface area is 104 Å². The standard InChI is InChI=1S/C13H14F2N2O/c1-8-11(7-17(2)16-8)13(18)5-9-3-4-10(14)6-12(9)15/h3-4,6-7,13,18H,5H2,1-2H3. The van der Waals surface area contributed by atoms with E-state index < -0.39 is 17.7 Å². The molecule has 0 aliphatic carbocycles. The molecule has 0 bridgehead atoms. The van der Waals surface area contributed by atoms with Crippen molar-refractivity contribution in [2.75, 3.05) is 0 Å². The van der Waals surface area contributed by atoms with Crippen molar-refractivity contribution in [2.45, 2.75) is 19.4 Å². The van der Waals surface area contributed by atoms with E-state index in [9.17, 15) is 13.9 Å². The maximum Gasteiger partial charge on any atom is 0.129 e. The van der Waals surface area contributed by atoms with Crippen LogP contribution >= 0.6 is 0 Å². The number of aryl methyl sites for hydroxylation is 2. The third-order valence-electron chi connectivity index (χ3n) is 2.84. The Balaban J connectivity index is 2.21. The molecule has 1 unspecified atom stereocenters. The predicted octanol–water partition coefficient (Wildman–Crippen LogP) is 2.28. The van der Waals surface area contributed by atoms with Crippen LogP contribution in [0.2, 0.25) is 0 Å². The van der Waals surface area contributed by atoms with Gasteiger partial charge in [-0.1, -0.05) is 6.07 Å². The van der Waals surface area contributed by atoms with E-state index in [1.807, 2.05) is 0 Å². The number of nitrogens with zero attached hydrogens (tertiary/aromatic N) is 2. The summed E-state index contributed by atoms with van der Waals surface area (Å²) in [7, 11) is 1.75. The normalized spacial score (nSPS) is 12.7. The molecule has 2 rings (SSSR count). The number of aliphatic hydroxyl groups is 1. The molecule has 1 aromatic carbocycles. The Kier molecular flexibility index (Phi) is 3.43. The molecule has 0 aliphatic rings. The van der Waals surface area contributed by atoms with Gasteiger partial charge in [-0.05, 0) is 18.6 Å². The minimum atomic E-state index is -0.848. The summed E-state index contributed by atoms with van der Waals surface area (Å²) < 4.78 is 27.8. The summed E-state index contributed by atoms with van der Waals surface area (Å²) >= 11 is 0. The molecule has 1 atom stereocenters. The highest BCUT2D eigenvalue weighted by atomic mass is 19.1. The second-order valence-corrected chi connectivity index (χ2v) is 4.30. The first kappa shape index (κ1) is 12.7. The van der Waals surface area contributed by atoms with Gasteiger partial charge in [0.1, 0.15) is 11.6 Å². The lowest BCUT2D eigenvalue weighted by atomic mass is 10.0. The van der Waals surface area contributed by atoms with Crippen LogP contribution in [0, 0.1) is 18.6 Å². The van der Waals surface area contributed by atoms with Crippen molar-refractivity contribution in [3.63, 3.8) is 0 Å². The zero-order chi connectivity index (χ0) is 13.3. The molecule has 0 radical (unpaired) electrons. The van der Waals surface area contributed by atoms with Crippen LogP contribution in [0.25, 0.3) is 0 Å². The van der Waals surface area contributed by atoms with Gasteiger partial charge in [-0.25, -0.2) is 8.78 Å². The lowest BCUT2D eigenvalue weighted by Crippen LogP contribution is -2.04. The molecule has 2 aromatic rings. The van der Waals surface area contributed by atoms with Gasteiger partial charge in [0.2, 0.25) is 0 Å². The number of hydrogen-bond donors (Lipinski definition) is 1. The van der Waals surface area contributed by atoms with Gasteiger partial charge < -0.3 is 5.11 Å². The van der Waals surface area contributed by atoms with Gasteiger partial charge >= 0.3 is 0 Å². The zero-order valence-electron chi connectivity index (χ0n) is 10.2. The molecular formula is C13H14F2N2O. The molecule has 0 amide bonds. The maximum absolute atomic E-state index is 13.5. The topological polar surface area (TPSA) is 38.0 Å². The fourth-order valence-corrected chi connectivity index (χ4v) is 1.95. The van der Waals surface area contributed by atoms with Crippen molar-refractivity contribution in [1.29, 1.82) is 0 Å². The molecule has 1 N–H and O–H groups in total. The maximum atomic E-state index is 13.5. The van der Waals surface area contributed by atoms with E-state index in [1.165, 1.54) is 12.1 Å². The van der Waals surface area contributed by atoms with Crippen molar-refractivity contribution in [3.8, 4) is 0 Å². The van der Waals surface area contributed by atoms with Crippen LogP contribution in [-0.4, -0.2) is 14.9 Å². The van der Waals surface area contributed by atoms with Crippen LogP contribution in [0.4, 0.5) is 8.78 Å². The summed E-state index contributed by atoms with van der Waals surface area (Å²) in [4.78, 5) is 0. The molecule has 18 heavy (non-hydrogen) atoms. The Bertz CT molecular complexity index is 566. The van der Waals surface area contributed by atoms with Crippen molar-refractivity contribution in [1.82, 2.24) is 9.78 Å². The van der Waals surface area contributed by atoms with Crippen LogP contribution in [0.15, 0.2) is 24.4 Å². The van der Waals surface area contributed by atoms with E-state index in [0.29, 0.717) is 11.3 Å². The lowest BCUT2D eigenvalue weighted by molar-refractivity contribution is 0.176. The summed E-state index contributed by atoms with van der Waals surface area (Å²) in [5.41, 5.74) is 1.64. The summed E-state index contributed by atoms with van der Waals surface area (Å²) in [6.07, 6.45) is 0.943. The largest absolute Gasteiger partial charge is 0.388 e. The van der Waals surface area contributed by atoms with Crippen LogP contribution in [0.3, 0.4) is 0 Å². The minimum absolute atomic E-state index is 0.0959. The van der Waals surface area contributed by atoms with Gasteiger partial charge in [0, 0.05) is 31.3 Å². The van der Waals surface area contributed by atoms with E-state index in [1.54, 1.807) is 24.9 Å². The number of rotatable bonds is 3. The van der Waals surface area contributed by atoms with Crippen molar-refractivity contribution < 1.29 is 13.9 Å². The predicted molar refractivity (Wildman–Crippen MR) is 63.0 cm³/mol. The highest BCUT2D eigenvalue weighted by molar-refractivity contribution is 5.24. The van der Waals surface area contributed by atoms with Gasteiger partial charge in [0.05, 0.1) is 11.8 Å². The Morgan fingerprint density at radius 2 is 2.11 bits per heavy atom. The van der Waals surface area contributed by atoms with Gasteiger partial charge in [0.15, 0.2) is 0 Å². The summed E-state index contributed by atoms with van der Waals surface area (Å²) in [5, 5.41) is 14.2. The molecule has 1 aromatic heterocycles. The van der Waals surface area contributed by atoms with Gasteiger partial charge in [-0.2, -0.15) is 5.10 Å². The van der Waals surface area contributed by atoms with Crippen molar-refractivity contribution >= 4 is 0 Å². The molecule has 5 heteroatoms. The number of halogens is 2. The Morgan fingerprint density at radius 1 is 1.39 bits per heavy atom. The van der Waals surface area contributed by atoms with E-state index in [4.69, 9.17) is 0 Å². The molecule has 0 saturated heterocycles. The Morgan fingerprint density at radius 3 is 2.67 bits per heavy atom. The molecule has 96 valence electrons. The second kappa shape index (κ2) is 4.86. The molecular weight excluding hydrogens is 238 g/mol. The highest BCUT2D eigenvalue weighted by Gasteiger charge is 2.16. The van der Waals surface area contributed by atoms with Crippen molar-refractivity contribution in [3.05, 3.63) is 52.9 Å². The first-order valence-electron chi connectivity index (χ1n) is 5.59. The molecule has 0 saturated carbocycles. The van der Waals surface area contributed by atoms with Gasteiger partial charge in [-0.3, -0.25) is 4.68 Å².